The first kappa shape index (κ1) is 36.0. The first-order chi connectivity index (χ1) is 21.1. The molecule has 45 heavy (non-hydrogen) atoms. The number of benzene rings is 4. The van der Waals surface area contributed by atoms with Crippen LogP contribution in [0.2, 0.25) is 0 Å². The van der Waals surface area contributed by atoms with E-state index in [4.69, 9.17) is 18.9 Å². The molecule has 0 radical (unpaired) electrons. The van der Waals surface area contributed by atoms with Gasteiger partial charge < -0.3 is 48.3 Å². The Hall–Kier alpha value is -5.19. The summed E-state index contributed by atoms with van der Waals surface area (Å²) in [6.07, 6.45) is 2.19. The van der Waals surface area contributed by atoms with Crippen molar-refractivity contribution in [1.82, 2.24) is 0 Å². The summed E-state index contributed by atoms with van der Waals surface area (Å²) in [7, 11) is 0. The van der Waals surface area contributed by atoms with Gasteiger partial charge in [0.25, 0.3) is 0 Å². The molecule has 0 aliphatic carbocycles. The SMILES string of the molecule is CC(=O)[CH-]C(=O)c1ccccc1.CC(=O)[CH-]C(=O)c1ccccc1.[O-]c1ccc2c(c1)OCO2.[O-]c1ccc2c(c1)OCO2.[Ti+4]. The molecule has 2 aliphatic rings. The minimum absolute atomic E-state index is 0. The average molecular weight is 644 g/mol. The van der Waals surface area contributed by atoms with Gasteiger partial charge in [-0.05, 0) is 38.1 Å². The molecule has 0 amide bonds. The number of rotatable bonds is 6. The average Bonchev–Trinajstić information content (AvgIpc) is 3.67. The Morgan fingerprint density at radius 1 is 0.533 bits per heavy atom. The fourth-order valence-corrected chi connectivity index (χ4v) is 3.49. The molecule has 0 bridgehead atoms. The van der Waals surface area contributed by atoms with Crippen LogP contribution in [0.4, 0.5) is 0 Å². The number of hydrogen-bond donors (Lipinski definition) is 0. The predicted octanol–water partition coefficient (Wildman–Crippen LogP) is 4.30. The number of ether oxygens (including phenoxy) is 4. The van der Waals surface area contributed by atoms with Crippen molar-refractivity contribution >= 4 is 23.1 Å². The summed E-state index contributed by atoms with van der Waals surface area (Å²) in [6.45, 7) is 3.17. The molecule has 2 heterocycles. The van der Waals surface area contributed by atoms with Crippen LogP contribution in [-0.4, -0.2) is 36.7 Å². The van der Waals surface area contributed by atoms with Crippen LogP contribution in [0.15, 0.2) is 97.1 Å². The van der Waals surface area contributed by atoms with E-state index in [1.54, 1.807) is 60.7 Å². The normalized spacial score (nSPS) is 10.9. The van der Waals surface area contributed by atoms with Gasteiger partial charge in [0.2, 0.25) is 13.6 Å². The van der Waals surface area contributed by atoms with E-state index in [0.29, 0.717) is 34.1 Å². The molecule has 0 spiro atoms. The summed E-state index contributed by atoms with van der Waals surface area (Å²) in [6, 6.07) is 26.4. The molecule has 4 aromatic carbocycles. The van der Waals surface area contributed by atoms with Crippen LogP contribution in [0, 0.1) is 12.8 Å². The third-order valence-corrected chi connectivity index (χ3v) is 5.47. The number of hydrogen-bond acceptors (Lipinski definition) is 10. The maximum Gasteiger partial charge on any atom is 4.00 e. The molecule has 6 rings (SSSR count). The van der Waals surface area contributed by atoms with Crippen LogP contribution < -0.4 is 29.2 Å². The number of ketones is 4. The summed E-state index contributed by atoms with van der Waals surface area (Å²) < 4.78 is 19.9. The molecular weight excluding hydrogens is 616 g/mol. The molecule has 228 valence electrons. The minimum Gasteiger partial charge on any atom is -0.872 e. The zero-order valence-corrected chi connectivity index (χ0v) is 26.0. The summed E-state index contributed by atoms with van der Waals surface area (Å²) in [4.78, 5) is 43.5. The monoisotopic (exact) mass is 644 g/mol. The molecule has 4 aromatic rings. The molecule has 10 nitrogen and oxygen atoms in total. The predicted molar refractivity (Wildman–Crippen MR) is 156 cm³/mol. The number of Topliss-reactive ketones (excluding diaryl/α,β-unsaturated/α-hetero) is 4. The molecule has 0 saturated heterocycles. The van der Waals surface area contributed by atoms with Crippen LogP contribution >= 0.6 is 0 Å². The van der Waals surface area contributed by atoms with Gasteiger partial charge in [-0.2, -0.15) is 0 Å². The van der Waals surface area contributed by atoms with Gasteiger partial charge >= 0.3 is 21.7 Å². The molecule has 0 aromatic heterocycles. The molecule has 11 heteroatoms. The third-order valence-electron chi connectivity index (χ3n) is 5.47. The fourth-order valence-electron chi connectivity index (χ4n) is 3.49. The van der Waals surface area contributed by atoms with Crippen molar-refractivity contribution in [3.05, 3.63) is 121 Å². The molecule has 0 N–H and O–H groups in total. The standard InChI is InChI=1S/2C10H9O2.2C7H6O3.Ti/c2*1-8(11)7-10(12)9-5-3-2-4-6-9;2*8-5-1-2-6-7(3-5)10-4-9-6;/h2*2-7H,1H3;2*1-3,8H,4H2;/q2*-1;;;+4/p-2. The summed E-state index contributed by atoms with van der Waals surface area (Å²) in [5, 5.41) is 21.4. The number of fused-ring (bicyclic) bond motifs is 2. The van der Waals surface area contributed by atoms with Crippen molar-refractivity contribution in [3.63, 3.8) is 0 Å². The molecule has 0 fully saturated rings. The van der Waals surface area contributed by atoms with Gasteiger partial charge in [-0.15, -0.1) is 59.7 Å². The van der Waals surface area contributed by atoms with E-state index in [9.17, 15) is 29.4 Å². The van der Waals surface area contributed by atoms with E-state index in [-0.39, 0.29) is 69.9 Å². The molecular formula is C34H28O10Ti. The second-order valence-corrected chi connectivity index (χ2v) is 9.00. The van der Waals surface area contributed by atoms with Crippen molar-refractivity contribution in [2.75, 3.05) is 13.6 Å². The van der Waals surface area contributed by atoms with Crippen LogP contribution in [-0.2, 0) is 31.3 Å². The Morgan fingerprint density at radius 3 is 1.20 bits per heavy atom. The van der Waals surface area contributed by atoms with Gasteiger partial charge in [0.05, 0.1) is 11.6 Å². The topological polar surface area (TPSA) is 151 Å². The van der Waals surface area contributed by atoms with Crippen molar-refractivity contribution < 1.29 is 70.1 Å². The molecule has 0 saturated carbocycles. The van der Waals surface area contributed by atoms with E-state index in [0.717, 1.165) is 12.8 Å². The van der Waals surface area contributed by atoms with E-state index >= 15 is 0 Å². The van der Waals surface area contributed by atoms with E-state index in [1.165, 1.54) is 38.1 Å². The maximum atomic E-state index is 11.2. The van der Waals surface area contributed by atoms with Gasteiger partial charge in [0.1, 0.15) is 0 Å². The Bertz CT molecular complexity index is 1450. The van der Waals surface area contributed by atoms with Gasteiger partial charge in [-0.3, -0.25) is 0 Å². The van der Waals surface area contributed by atoms with Crippen molar-refractivity contribution in [3.8, 4) is 34.5 Å². The number of carbonyl (C=O) groups is 4. The second-order valence-electron chi connectivity index (χ2n) is 9.00. The first-order valence-corrected chi connectivity index (χ1v) is 13.1. The summed E-state index contributed by atoms with van der Waals surface area (Å²) >= 11 is 0. The second kappa shape index (κ2) is 18.5. The maximum absolute atomic E-state index is 11.2. The Balaban J connectivity index is 0.000000208. The van der Waals surface area contributed by atoms with Crippen molar-refractivity contribution in [2.24, 2.45) is 0 Å². The zero-order valence-electron chi connectivity index (χ0n) is 24.4. The van der Waals surface area contributed by atoms with Crippen LogP contribution in [0.25, 0.3) is 0 Å². The van der Waals surface area contributed by atoms with E-state index < -0.39 is 0 Å². The van der Waals surface area contributed by atoms with E-state index in [1.807, 2.05) is 12.1 Å². The molecule has 0 unspecified atom stereocenters. The smallest absolute Gasteiger partial charge is 0.872 e. The quantitative estimate of drug-likeness (QED) is 0.129. The largest absolute Gasteiger partial charge is 4.00 e. The van der Waals surface area contributed by atoms with Crippen LogP contribution in [0.5, 0.6) is 34.5 Å². The van der Waals surface area contributed by atoms with E-state index in [2.05, 4.69) is 0 Å². The van der Waals surface area contributed by atoms with Crippen molar-refractivity contribution in [1.29, 1.82) is 0 Å². The van der Waals surface area contributed by atoms with Crippen LogP contribution in [0.3, 0.4) is 0 Å². The summed E-state index contributed by atoms with van der Waals surface area (Å²) in [5.41, 5.74) is 1.10. The van der Waals surface area contributed by atoms with Gasteiger partial charge in [0.15, 0.2) is 23.0 Å². The first-order valence-electron chi connectivity index (χ1n) is 13.1. The Morgan fingerprint density at radius 2 is 0.867 bits per heavy atom. The Labute approximate surface area is 275 Å². The van der Waals surface area contributed by atoms with Gasteiger partial charge in [-0.25, -0.2) is 0 Å². The zero-order chi connectivity index (χ0) is 31.9. The summed E-state index contributed by atoms with van der Waals surface area (Å²) in [5.74, 6) is 1.40. The fraction of sp³-hybridized carbons (Fsp3) is 0.118. The number of carbonyl (C=O) groups excluding carboxylic acids is 4. The Kier molecular flexibility index (Phi) is 14.8. The molecule has 0 atom stereocenters. The van der Waals surface area contributed by atoms with Gasteiger partial charge in [-0.1, -0.05) is 48.5 Å². The molecule has 2 aliphatic heterocycles. The minimum atomic E-state index is -0.233. The van der Waals surface area contributed by atoms with Gasteiger partial charge in [0, 0.05) is 11.6 Å². The van der Waals surface area contributed by atoms with Crippen molar-refractivity contribution in [2.45, 2.75) is 13.8 Å². The third kappa shape index (κ3) is 12.5. The van der Waals surface area contributed by atoms with Crippen LogP contribution in [0.1, 0.15) is 34.6 Å².